The second kappa shape index (κ2) is 8.46. The van der Waals surface area contributed by atoms with Crippen molar-refractivity contribution in [2.24, 2.45) is 0 Å². The Kier molecular flexibility index (Phi) is 5.36. The highest BCUT2D eigenvalue weighted by Gasteiger charge is 2.34. The number of carbonyl (C=O) groups is 1. The normalized spacial score (nSPS) is 16.5. The molecule has 4 nitrogen and oxygen atoms in total. The van der Waals surface area contributed by atoms with Crippen molar-refractivity contribution in [2.45, 2.75) is 32.7 Å². The molecule has 160 valence electrons. The van der Waals surface area contributed by atoms with E-state index in [1.807, 2.05) is 35.2 Å². The van der Waals surface area contributed by atoms with E-state index >= 15 is 0 Å². The fourth-order valence-corrected chi connectivity index (χ4v) is 4.69. The fourth-order valence-electron chi connectivity index (χ4n) is 4.69. The van der Waals surface area contributed by atoms with Crippen LogP contribution in [-0.4, -0.2) is 22.0 Å². The summed E-state index contributed by atoms with van der Waals surface area (Å²) in [5, 5.41) is 0. The van der Waals surface area contributed by atoms with Crippen molar-refractivity contribution < 1.29 is 4.79 Å². The molecule has 2 heterocycles. The maximum absolute atomic E-state index is 13.0. The minimum Gasteiger partial charge on any atom is -0.324 e. The molecule has 1 unspecified atom stereocenters. The van der Waals surface area contributed by atoms with Gasteiger partial charge in [-0.25, -0.2) is 4.98 Å². The smallest absolute Gasteiger partial charge is 0.227 e. The molecule has 3 aromatic carbocycles. The first-order valence-corrected chi connectivity index (χ1v) is 11.1. The zero-order chi connectivity index (χ0) is 22.1. The zero-order valence-corrected chi connectivity index (χ0v) is 18.5. The number of nitrogens with zero attached hydrogens (tertiary/aromatic N) is 3. The van der Waals surface area contributed by atoms with E-state index in [9.17, 15) is 4.79 Å². The predicted octanol–water partition coefficient (Wildman–Crippen LogP) is 5.89. The molecule has 0 bridgehead atoms. The Morgan fingerprint density at radius 1 is 0.969 bits per heavy atom. The van der Waals surface area contributed by atoms with Crippen LogP contribution < -0.4 is 4.90 Å². The lowest BCUT2D eigenvalue weighted by molar-refractivity contribution is -0.117. The molecule has 32 heavy (non-hydrogen) atoms. The lowest BCUT2D eigenvalue weighted by atomic mass is 10.1. The van der Waals surface area contributed by atoms with Crippen molar-refractivity contribution in [3.8, 4) is 0 Å². The largest absolute Gasteiger partial charge is 0.324 e. The minimum atomic E-state index is 0.0702. The maximum Gasteiger partial charge on any atom is 0.227 e. The highest BCUT2D eigenvalue weighted by molar-refractivity contribution is 5.96. The molecule has 0 radical (unpaired) electrons. The highest BCUT2D eigenvalue weighted by Crippen LogP contribution is 2.34. The topological polar surface area (TPSA) is 38.1 Å². The average Bonchev–Trinajstić information content (AvgIpc) is 3.34. The first kappa shape index (κ1) is 20.3. The summed E-state index contributed by atoms with van der Waals surface area (Å²) in [6, 6.07) is 24.9. The molecule has 0 saturated carbocycles. The number of carbonyl (C=O) groups excluding carboxylic acids is 1. The van der Waals surface area contributed by atoms with Crippen LogP contribution in [0.2, 0.25) is 0 Å². The third kappa shape index (κ3) is 3.96. The van der Waals surface area contributed by atoms with Gasteiger partial charge in [0.2, 0.25) is 5.91 Å². The van der Waals surface area contributed by atoms with Gasteiger partial charge >= 0.3 is 0 Å². The summed E-state index contributed by atoms with van der Waals surface area (Å²) in [7, 11) is 0. The number of anilines is 1. The van der Waals surface area contributed by atoms with Crippen molar-refractivity contribution in [2.75, 3.05) is 11.4 Å². The Morgan fingerprint density at radius 3 is 2.47 bits per heavy atom. The van der Waals surface area contributed by atoms with Gasteiger partial charge in [-0.15, -0.1) is 0 Å². The van der Waals surface area contributed by atoms with Crippen LogP contribution in [0, 0.1) is 13.8 Å². The summed E-state index contributed by atoms with van der Waals surface area (Å²) in [5.41, 5.74) is 6.60. The van der Waals surface area contributed by atoms with Crippen LogP contribution in [0.25, 0.3) is 17.1 Å². The van der Waals surface area contributed by atoms with Crippen LogP contribution in [-0.2, 0) is 11.3 Å². The Bertz CT molecular complexity index is 1280. The molecule has 1 fully saturated rings. The first-order chi connectivity index (χ1) is 15.6. The van der Waals surface area contributed by atoms with Gasteiger partial charge in [-0.3, -0.25) is 4.79 Å². The van der Waals surface area contributed by atoms with Gasteiger partial charge in [0, 0.05) is 31.1 Å². The molecular weight excluding hydrogens is 394 g/mol. The molecule has 1 aliphatic rings. The van der Waals surface area contributed by atoms with Crippen molar-refractivity contribution in [3.63, 3.8) is 0 Å². The second-order valence-electron chi connectivity index (χ2n) is 8.63. The minimum absolute atomic E-state index is 0.0702. The molecule has 1 amide bonds. The summed E-state index contributed by atoms with van der Waals surface area (Å²) in [4.78, 5) is 19.9. The molecule has 4 aromatic rings. The van der Waals surface area contributed by atoms with Crippen LogP contribution in [0.15, 0.2) is 78.9 Å². The van der Waals surface area contributed by atoms with Gasteiger partial charge in [-0.1, -0.05) is 60.7 Å². The zero-order valence-electron chi connectivity index (χ0n) is 18.5. The van der Waals surface area contributed by atoms with E-state index in [2.05, 4.69) is 73.0 Å². The number of aryl methyl sites for hydroxylation is 2. The van der Waals surface area contributed by atoms with E-state index < -0.39 is 0 Å². The lowest BCUT2D eigenvalue weighted by Crippen LogP contribution is -2.24. The van der Waals surface area contributed by atoms with E-state index in [0.717, 1.165) is 29.1 Å². The van der Waals surface area contributed by atoms with Gasteiger partial charge in [0.1, 0.15) is 5.82 Å². The van der Waals surface area contributed by atoms with E-state index in [0.29, 0.717) is 13.0 Å². The number of aromatic nitrogens is 2. The summed E-state index contributed by atoms with van der Waals surface area (Å²) < 4.78 is 2.26. The van der Waals surface area contributed by atoms with Gasteiger partial charge in [0.25, 0.3) is 0 Å². The van der Waals surface area contributed by atoms with E-state index in [1.54, 1.807) is 0 Å². The highest BCUT2D eigenvalue weighted by atomic mass is 16.2. The Morgan fingerprint density at radius 2 is 1.69 bits per heavy atom. The van der Waals surface area contributed by atoms with Gasteiger partial charge in [-0.2, -0.15) is 0 Å². The monoisotopic (exact) mass is 421 g/mol. The molecular formula is C28H27N3O. The van der Waals surface area contributed by atoms with E-state index in [4.69, 9.17) is 4.98 Å². The Hall–Kier alpha value is -3.66. The van der Waals surface area contributed by atoms with Gasteiger partial charge in [0.05, 0.1) is 11.0 Å². The molecule has 1 saturated heterocycles. The number of para-hydroxylation sites is 2. The lowest BCUT2D eigenvalue weighted by Gasteiger charge is -2.18. The number of allylic oxidation sites excluding steroid dienone is 1. The number of rotatable bonds is 5. The first-order valence-electron chi connectivity index (χ1n) is 11.1. The second-order valence-corrected chi connectivity index (χ2v) is 8.63. The van der Waals surface area contributed by atoms with E-state index in [-0.39, 0.29) is 11.8 Å². The van der Waals surface area contributed by atoms with Crippen LogP contribution in [0.1, 0.15) is 34.9 Å². The van der Waals surface area contributed by atoms with Crippen molar-refractivity contribution in [1.29, 1.82) is 0 Å². The summed E-state index contributed by atoms with van der Waals surface area (Å²) in [6.07, 6.45) is 4.80. The number of benzene rings is 3. The molecule has 5 rings (SSSR count). The van der Waals surface area contributed by atoms with Crippen molar-refractivity contribution in [3.05, 3.63) is 101 Å². The molecule has 0 spiro atoms. The molecule has 1 aliphatic heterocycles. The number of amides is 1. The number of hydrogen-bond acceptors (Lipinski definition) is 2. The molecule has 1 atom stereocenters. The predicted molar refractivity (Wildman–Crippen MR) is 131 cm³/mol. The van der Waals surface area contributed by atoms with Crippen LogP contribution >= 0.6 is 0 Å². The van der Waals surface area contributed by atoms with Crippen molar-refractivity contribution in [1.82, 2.24) is 9.55 Å². The average molecular weight is 422 g/mol. The molecule has 4 heteroatoms. The van der Waals surface area contributed by atoms with Crippen LogP contribution in [0.5, 0.6) is 0 Å². The quantitative estimate of drug-likeness (QED) is 0.403. The third-order valence-corrected chi connectivity index (χ3v) is 6.09. The number of imidazole rings is 1. The summed E-state index contributed by atoms with van der Waals surface area (Å²) in [5.74, 6) is 1.23. The summed E-state index contributed by atoms with van der Waals surface area (Å²) in [6.45, 7) is 5.53. The number of fused-ring (bicyclic) bond motifs is 1. The SMILES string of the molecule is Cc1cc(C)cc(N2CC(c3nc4ccccc4n3CC=Cc3ccccc3)CC2=O)c1. The maximum atomic E-state index is 13.0. The third-order valence-electron chi connectivity index (χ3n) is 6.09. The standard InChI is InChI=1S/C28H27N3O/c1-20-15-21(2)17-24(16-20)31-19-23(18-27(31)32)28-29-25-12-6-7-13-26(25)30(28)14-8-11-22-9-4-3-5-10-22/h3-13,15-17,23H,14,18-19H2,1-2H3. The molecule has 0 N–H and O–H groups in total. The Labute approximate surface area is 188 Å². The number of hydrogen-bond donors (Lipinski definition) is 0. The van der Waals surface area contributed by atoms with Gasteiger partial charge in [0.15, 0.2) is 0 Å². The van der Waals surface area contributed by atoms with Gasteiger partial charge < -0.3 is 9.47 Å². The summed E-state index contributed by atoms with van der Waals surface area (Å²) >= 11 is 0. The fraction of sp³-hybridized carbons (Fsp3) is 0.214. The van der Waals surface area contributed by atoms with Gasteiger partial charge in [-0.05, 0) is 54.8 Å². The van der Waals surface area contributed by atoms with E-state index in [1.165, 1.54) is 16.7 Å². The van der Waals surface area contributed by atoms with Crippen molar-refractivity contribution >= 4 is 28.7 Å². The van der Waals surface area contributed by atoms with Crippen LogP contribution in [0.3, 0.4) is 0 Å². The van der Waals surface area contributed by atoms with Crippen LogP contribution in [0.4, 0.5) is 5.69 Å². The molecule has 0 aliphatic carbocycles. The Balaban J connectivity index is 1.47. The molecule has 1 aromatic heterocycles.